The van der Waals surface area contributed by atoms with Gasteiger partial charge in [-0.3, -0.25) is 0 Å². The Morgan fingerprint density at radius 1 is 0.442 bits per heavy atom. The first-order chi connectivity index (χ1) is 36.3. The highest BCUT2D eigenvalue weighted by Gasteiger charge is 2.49. The van der Waals surface area contributed by atoms with Gasteiger partial charge in [-0.1, -0.05) is 176 Å². The number of aryl methyl sites for hydroxylation is 1. The number of para-hydroxylation sites is 2. The molecule has 0 bridgehead atoms. The van der Waals surface area contributed by atoms with Crippen molar-refractivity contribution in [3.63, 3.8) is 0 Å². The first-order valence-electron chi connectivity index (χ1n) is 28.5. The molecule has 3 heterocycles. The summed E-state index contributed by atoms with van der Waals surface area (Å²) < 4.78 is 2.65. The summed E-state index contributed by atoms with van der Waals surface area (Å²) in [6.07, 6.45) is 3.46. The van der Waals surface area contributed by atoms with Gasteiger partial charge < -0.3 is 14.7 Å². The van der Waals surface area contributed by atoms with Gasteiger partial charge in [-0.25, -0.2) is 0 Å². The third-order valence-corrected chi connectivity index (χ3v) is 19.9. The molecule has 0 N–H and O–H groups in total. The number of thiophene rings is 1. The molecule has 2 aliphatic carbocycles. The lowest BCUT2D eigenvalue weighted by Crippen LogP contribution is -2.61. The summed E-state index contributed by atoms with van der Waals surface area (Å²) in [6, 6.07) is 59.3. The van der Waals surface area contributed by atoms with Gasteiger partial charge in [0.05, 0.1) is 10.4 Å². The van der Waals surface area contributed by atoms with E-state index in [1.165, 1.54) is 122 Å². The summed E-state index contributed by atoms with van der Waals surface area (Å²) in [5, 5.41) is 2.63. The normalized spacial score (nSPS) is 17.5. The standard InChI is InChI=1S/C72H76BN3S/c1-44-35-52-54(70(10,11)34-33-69(52,8)9)41-59(44)76-61-42-55-53(71(12,13)43-72(55,14)15)40-57(61)73-56-32-30-49(74(47-23-18-16-19-24-47)48-25-20-17-21-26-48)39-60(56)75(62-36-46(68(5,6)7)37-63(76)65(62)73)58-28-22-27-51-50-31-29-45(67(2,3)4)38-64(50)77-66(51)58/h16-32,35-42H,33-34,43H2,1-15H3. The van der Waals surface area contributed by atoms with Crippen molar-refractivity contribution in [2.75, 3.05) is 14.7 Å². The number of benzene rings is 8. The molecule has 1 aromatic heterocycles. The molecule has 0 unspecified atom stereocenters. The predicted molar refractivity (Wildman–Crippen MR) is 336 cm³/mol. The van der Waals surface area contributed by atoms with Gasteiger partial charge in [-0.15, -0.1) is 11.3 Å². The maximum Gasteiger partial charge on any atom is 0.252 e. The van der Waals surface area contributed by atoms with Gasteiger partial charge in [0, 0.05) is 61.0 Å². The monoisotopic (exact) mass is 1030 g/mol. The summed E-state index contributed by atoms with van der Waals surface area (Å²) in [6.45, 7) is 36.4. The van der Waals surface area contributed by atoms with Crippen molar-refractivity contribution in [1.82, 2.24) is 0 Å². The molecular weight excluding hydrogens is 950 g/mol. The van der Waals surface area contributed by atoms with Gasteiger partial charge in [0.25, 0.3) is 6.71 Å². The average Bonchev–Trinajstić information content (AvgIpc) is 3.99. The minimum absolute atomic E-state index is 0.0121. The Morgan fingerprint density at radius 2 is 0.987 bits per heavy atom. The summed E-state index contributed by atoms with van der Waals surface area (Å²) in [7, 11) is 0. The molecule has 9 aromatic rings. The Kier molecular flexibility index (Phi) is 10.9. The van der Waals surface area contributed by atoms with Crippen LogP contribution in [-0.4, -0.2) is 6.71 Å². The van der Waals surface area contributed by atoms with Crippen LogP contribution in [0.4, 0.5) is 51.2 Å². The van der Waals surface area contributed by atoms with Gasteiger partial charge >= 0.3 is 0 Å². The minimum atomic E-state index is -0.161. The Hall–Kier alpha value is -6.56. The van der Waals surface area contributed by atoms with Crippen LogP contribution in [0.1, 0.15) is 155 Å². The zero-order valence-electron chi connectivity index (χ0n) is 48.4. The number of fused-ring (bicyclic) bond motifs is 9. The molecule has 4 aliphatic rings. The number of hydrogen-bond donors (Lipinski definition) is 0. The Balaban J connectivity index is 1.17. The quantitative estimate of drug-likeness (QED) is 0.159. The van der Waals surface area contributed by atoms with Crippen LogP contribution in [0, 0.1) is 6.92 Å². The second-order valence-electron chi connectivity index (χ2n) is 28.1. The zero-order chi connectivity index (χ0) is 54.1. The highest BCUT2D eigenvalue weighted by atomic mass is 32.1. The molecule has 388 valence electrons. The van der Waals surface area contributed by atoms with Crippen molar-refractivity contribution in [2.45, 2.75) is 156 Å². The molecule has 5 heteroatoms. The molecule has 0 saturated heterocycles. The van der Waals surface area contributed by atoms with E-state index in [1.807, 2.05) is 11.3 Å². The molecule has 8 aromatic carbocycles. The molecule has 13 rings (SSSR count). The molecule has 77 heavy (non-hydrogen) atoms. The first kappa shape index (κ1) is 50.0. The highest BCUT2D eigenvalue weighted by molar-refractivity contribution is 7.26. The molecule has 0 fully saturated rings. The summed E-state index contributed by atoms with van der Waals surface area (Å²) in [4.78, 5) is 7.90. The van der Waals surface area contributed by atoms with E-state index in [9.17, 15) is 0 Å². The van der Waals surface area contributed by atoms with Crippen LogP contribution in [0.5, 0.6) is 0 Å². The van der Waals surface area contributed by atoms with Gasteiger partial charge in [-0.05, 0) is 187 Å². The average molecular weight is 1030 g/mol. The second-order valence-corrected chi connectivity index (χ2v) is 29.2. The van der Waals surface area contributed by atoms with Gasteiger partial charge in [0.1, 0.15) is 0 Å². The van der Waals surface area contributed by atoms with Gasteiger partial charge in [-0.2, -0.15) is 0 Å². The van der Waals surface area contributed by atoms with Crippen molar-refractivity contribution in [1.29, 1.82) is 0 Å². The lowest BCUT2D eigenvalue weighted by Gasteiger charge is -2.47. The number of anilines is 9. The molecule has 0 spiro atoms. The fourth-order valence-electron chi connectivity index (χ4n) is 14.5. The van der Waals surface area contributed by atoms with Crippen molar-refractivity contribution >= 4 is 106 Å². The SMILES string of the molecule is Cc1cc2c(cc1N1c3cc4c(cc3B3c5ccc(N(c6ccccc6)c6ccccc6)cc5N(c5cccc6c5sc5cc(C(C)(C)C)ccc56)c5cc(C(C)(C)C)cc1c53)C(C)(C)CC4(C)C)C(C)(C)CCC2(C)C. The predicted octanol–water partition coefficient (Wildman–Crippen LogP) is 18.8. The largest absolute Gasteiger partial charge is 0.311 e. The summed E-state index contributed by atoms with van der Waals surface area (Å²) >= 11 is 1.95. The van der Waals surface area contributed by atoms with E-state index in [-0.39, 0.29) is 39.2 Å². The van der Waals surface area contributed by atoms with Crippen LogP contribution >= 0.6 is 11.3 Å². The molecule has 0 amide bonds. The number of rotatable bonds is 5. The molecular formula is C72H76BN3S. The Labute approximate surface area is 464 Å². The smallest absolute Gasteiger partial charge is 0.252 e. The third kappa shape index (κ3) is 7.71. The lowest BCUT2D eigenvalue weighted by atomic mass is 9.33. The summed E-state index contributed by atoms with van der Waals surface area (Å²) in [5.41, 5.74) is 25.2. The Bertz CT molecular complexity index is 3860. The van der Waals surface area contributed by atoms with E-state index < -0.39 is 0 Å². The van der Waals surface area contributed by atoms with E-state index in [4.69, 9.17) is 0 Å². The molecule has 0 radical (unpaired) electrons. The molecule has 0 saturated carbocycles. The van der Waals surface area contributed by atoms with Crippen molar-refractivity contribution in [3.05, 3.63) is 191 Å². The van der Waals surface area contributed by atoms with Crippen molar-refractivity contribution in [2.24, 2.45) is 0 Å². The topological polar surface area (TPSA) is 9.72 Å². The van der Waals surface area contributed by atoms with Crippen molar-refractivity contribution < 1.29 is 0 Å². The van der Waals surface area contributed by atoms with E-state index in [0.717, 1.165) is 23.5 Å². The summed E-state index contributed by atoms with van der Waals surface area (Å²) in [5.74, 6) is 0. The van der Waals surface area contributed by atoms with Crippen LogP contribution in [0.3, 0.4) is 0 Å². The zero-order valence-corrected chi connectivity index (χ0v) is 49.2. The number of hydrogen-bond acceptors (Lipinski definition) is 4. The van der Waals surface area contributed by atoms with Crippen LogP contribution in [-0.2, 0) is 32.5 Å². The van der Waals surface area contributed by atoms with Crippen LogP contribution < -0.4 is 31.1 Å². The van der Waals surface area contributed by atoms with Crippen LogP contribution in [0.15, 0.2) is 152 Å². The van der Waals surface area contributed by atoms with E-state index in [1.54, 1.807) is 0 Å². The number of nitrogens with zero attached hydrogens (tertiary/aromatic N) is 3. The first-order valence-corrected chi connectivity index (χ1v) is 29.3. The minimum Gasteiger partial charge on any atom is -0.311 e. The van der Waals surface area contributed by atoms with Gasteiger partial charge in [0.2, 0.25) is 0 Å². The van der Waals surface area contributed by atoms with Gasteiger partial charge in [0.15, 0.2) is 0 Å². The highest BCUT2D eigenvalue weighted by Crippen LogP contribution is 2.56. The van der Waals surface area contributed by atoms with E-state index >= 15 is 0 Å². The maximum atomic E-state index is 2.76. The second kappa shape index (κ2) is 16.7. The fourth-order valence-corrected chi connectivity index (χ4v) is 15.8. The molecule has 3 nitrogen and oxygen atoms in total. The van der Waals surface area contributed by atoms with E-state index in [2.05, 4.69) is 270 Å². The van der Waals surface area contributed by atoms with Crippen molar-refractivity contribution in [3.8, 4) is 0 Å². The van der Waals surface area contributed by atoms with E-state index in [0.29, 0.717) is 0 Å². The Morgan fingerprint density at radius 3 is 1.60 bits per heavy atom. The fraction of sp³-hybridized carbons (Fsp3) is 0.333. The lowest BCUT2D eigenvalue weighted by molar-refractivity contribution is 0.332. The van der Waals surface area contributed by atoms with Crippen LogP contribution in [0.2, 0.25) is 0 Å². The third-order valence-electron chi connectivity index (χ3n) is 18.7. The molecule has 2 aliphatic heterocycles. The molecule has 0 atom stereocenters. The maximum absolute atomic E-state index is 2.76. The van der Waals surface area contributed by atoms with Crippen LogP contribution in [0.25, 0.3) is 20.2 Å².